The lowest BCUT2D eigenvalue weighted by molar-refractivity contribution is -0.118. The molecule has 0 fully saturated rings. The van der Waals surface area contributed by atoms with Crippen molar-refractivity contribution in [3.05, 3.63) is 83.7 Å². The van der Waals surface area contributed by atoms with Crippen LogP contribution in [-0.2, 0) is 17.8 Å². The fraction of sp³-hybridized carbons (Fsp3) is 0.312. The molecule has 42 heavy (non-hydrogen) atoms. The van der Waals surface area contributed by atoms with Gasteiger partial charge in [-0.1, -0.05) is 62.4 Å². The van der Waals surface area contributed by atoms with Gasteiger partial charge >= 0.3 is 0 Å². The third-order valence-corrected chi connectivity index (χ3v) is 7.13. The van der Waals surface area contributed by atoms with Crippen molar-refractivity contribution < 1.29 is 9.59 Å². The van der Waals surface area contributed by atoms with Crippen LogP contribution in [0.25, 0.3) is 21.9 Å². The topological polar surface area (TPSA) is 125 Å². The Labute approximate surface area is 245 Å². The number of nitrogens with zero attached hydrogens (tertiary/aromatic N) is 5. The second-order valence-electron chi connectivity index (χ2n) is 11.2. The van der Waals surface area contributed by atoms with E-state index >= 15 is 0 Å². The molecule has 10 heteroatoms. The second kappa shape index (κ2) is 12.3. The normalized spacial score (nSPS) is 11.4. The van der Waals surface area contributed by atoms with Gasteiger partial charge in [-0.3, -0.25) is 9.59 Å². The van der Waals surface area contributed by atoms with Gasteiger partial charge < -0.3 is 30.4 Å². The number of anilines is 2. The number of H-pyrrole nitrogens is 1. The van der Waals surface area contributed by atoms with Crippen LogP contribution in [0, 0.1) is 5.92 Å². The number of aromatic nitrogens is 4. The number of nitrogens with one attached hydrogen (secondary N) is 2. The van der Waals surface area contributed by atoms with Crippen LogP contribution >= 0.6 is 0 Å². The molecule has 4 N–H and O–H groups in total. The Bertz CT molecular complexity index is 1700. The molecule has 0 aliphatic rings. The SMILES string of the molecule is CC(C)CN(CC(N)=O)C(=O)c1cc2c(N(C)C)nc(NCCc3c[nH]c4ccccc34)nc2n1Cc1ccccc1. The van der Waals surface area contributed by atoms with Crippen LogP contribution in [0.15, 0.2) is 66.9 Å². The summed E-state index contributed by atoms with van der Waals surface area (Å²) in [5.74, 6) is 0.514. The zero-order valence-electron chi connectivity index (χ0n) is 24.6. The van der Waals surface area contributed by atoms with Crippen molar-refractivity contribution in [1.29, 1.82) is 0 Å². The maximum absolute atomic E-state index is 14.0. The van der Waals surface area contributed by atoms with E-state index < -0.39 is 5.91 Å². The van der Waals surface area contributed by atoms with Gasteiger partial charge in [0.05, 0.1) is 11.9 Å². The standard InChI is InChI=1S/C32H38N8O2/c1-21(2)18-39(20-28(33)41)31(42)27-16-25-29(38(3)4)36-32(37-30(25)40(27)19-22-10-6-5-7-11-22)34-15-14-23-17-35-26-13-9-8-12-24(23)26/h5-13,16-17,21,35H,14-15,18-20H2,1-4H3,(H2,33,41)(H,34,36,37). The summed E-state index contributed by atoms with van der Waals surface area (Å²) in [6.07, 6.45) is 2.83. The lowest BCUT2D eigenvalue weighted by atomic mass is 10.1. The van der Waals surface area contributed by atoms with Gasteiger partial charge in [-0.25, -0.2) is 0 Å². The minimum Gasteiger partial charge on any atom is -0.368 e. The van der Waals surface area contributed by atoms with Gasteiger partial charge in [0, 0.05) is 50.8 Å². The predicted octanol–water partition coefficient (Wildman–Crippen LogP) is 4.27. The average Bonchev–Trinajstić information content (AvgIpc) is 3.53. The van der Waals surface area contributed by atoms with E-state index in [1.165, 1.54) is 15.8 Å². The van der Waals surface area contributed by atoms with E-state index in [1.807, 2.05) is 92.1 Å². The Balaban J connectivity index is 1.54. The number of aromatic amines is 1. The molecule has 0 radical (unpaired) electrons. The molecular weight excluding hydrogens is 528 g/mol. The van der Waals surface area contributed by atoms with Crippen molar-refractivity contribution in [2.24, 2.45) is 11.7 Å². The van der Waals surface area contributed by atoms with Crippen LogP contribution in [-0.4, -0.2) is 70.0 Å². The minimum absolute atomic E-state index is 0.156. The molecule has 0 saturated carbocycles. The zero-order valence-corrected chi connectivity index (χ0v) is 24.6. The van der Waals surface area contributed by atoms with Gasteiger partial charge in [-0.05, 0) is 35.6 Å². The predicted molar refractivity (Wildman–Crippen MR) is 168 cm³/mol. The molecule has 0 aliphatic heterocycles. The van der Waals surface area contributed by atoms with Crippen molar-refractivity contribution >= 4 is 45.5 Å². The van der Waals surface area contributed by atoms with E-state index in [1.54, 1.807) is 0 Å². The molecule has 0 atom stereocenters. The van der Waals surface area contributed by atoms with Crippen molar-refractivity contribution in [1.82, 2.24) is 24.4 Å². The molecule has 0 bridgehead atoms. The molecule has 2 amide bonds. The molecule has 3 heterocycles. The molecule has 218 valence electrons. The van der Waals surface area contributed by atoms with Crippen LogP contribution in [0.1, 0.15) is 35.5 Å². The van der Waals surface area contributed by atoms with Crippen LogP contribution in [0.4, 0.5) is 11.8 Å². The smallest absolute Gasteiger partial charge is 0.271 e. The summed E-state index contributed by atoms with van der Waals surface area (Å²) in [7, 11) is 3.84. The maximum Gasteiger partial charge on any atom is 0.271 e. The third kappa shape index (κ3) is 6.22. The molecule has 0 unspecified atom stereocenters. The van der Waals surface area contributed by atoms with Gasteiger partial charge in [0.1, 0.15) is 17.2 Å². The van der Waals surface area contributed by atoms with Crippen LogP contribution in [0.3, 0.4) is 0 Å². The van der Waals surface area contributed by atoms with Gasteiger partial charge in [0.2, 0.25) is 11.9 Å². The van der Waals surface area contributed by atoms with Crippen LogP contribution in [0.2, 0.25) is 0 Å². The summed E-state index contributed by atoms with van der Waals surface area (Å²) in [6.45, 7) is 5.32. The second-order valence-corrected chi connectivity index (χ2v) is 11.2. The highest BCUT2D eigenvalue weighted by atomic mass is 16.2. The van der Waals surface area contributed by atoms with Gasteiger partial charge in [-0.15, -0.1) is 0 Å². The van der Waals surface area contributed by atoms with E-state index in [-0.39, 0.29) is 18.4 Å². The lowest BCUT2D eigenvalue weighted by Gasteiger charge is -2.24. The lowest BCUT2D eigenvalue weighted by Crippen LogP contribution is -2.41. The summed E-state index contributed by atoms with van der Waals surface area (Å²) in [5.41, 5.74) is 9.96. The number of para-hydroxylation sites is 1. The number of hydrogen-bond acceptors (Lipinski definition) is 6. The third-order valence-electron chi connectivity index (χ3n) is 7.13. The van der Waals surface area contributed by atoms with Crippen molar-refractivity contribution in [3.8, 4) is 0 Å². The van der Waals surface area contributed by atoms with Crippen molar-refractivity contribution in [2.75, 3.05) is 43.9 Å². The summed E-state index contributed by atoms with van der Waals surface area (Å²) in [4.78, 5) is 42.4. The Hall–Kier alpha value is -4.86. The molecule has 0 aliphatic carbocycles. The van der Waals surface area contributed by atoms with Gasteiger partial charge in [-0.2, -0.15) is 9.97 Å². The van der Waals surface area contributed by atoms with Crippen LogP contribution in [0.5, 0.6) is 0 Å². The summed E-state index contributed by atoms with van der Waals surface area (Å²) < 4.78 is 1.92. The van der Waals surface area contributed by atoms with E-state index in [9.17, 15) is 9.59 Å². The molecule has 5 aromatic rings. The quantitative estimate of drug-likeness (QED) is 0.207. The highest BCUT2D eigenvalue weighted by Crippen LogP contribution is 2.29. The Morgan fingerprint density at radius 3 is 2.48 bits per heavy atom. The number of nitrogens with two attached hydrogens (primary N) is 1. The first-order chi connectivity index (χ1) is 20.2. The van der Waals surface area contributed by atoms with E-state index in [4.69, 9.17) is 15.7 Å². The largest absolute Gasteiger partial charge is 0.368 e. The number of benzene rings is 2. The van der Waals surface area contributed by atoms with E-state index in [2.05, 4.69) is 22.4 Å². The molecule has 10 nitrogen and oxygen atoms in total. The highest BCUT2D eigenvalue weighted by molar-refractivity contribution is 6.02. The van der Waals surface area contributed by atoms with Crippen molar-refractivity contribution in [3.63, 3.8) is 0 Å². The minimum atomic E-state index is -0.551. The number of hydrogen-bond donors (Lipinski definition) is 3. The van der Waals surface area contributed by atoms with Crippen molar-refractivity contribution in [2.45, 2.75) is 26.8 Å². The monoisotopic (exact) mass is 566 g/mol. The fourth-order valence-corrected chi connectivity index (χ4v) is 5.29. The molecular formula is C32H38N8O2. The first-order valence-corrected chi connectivity index (χ1v) is 14.2. The summed E-state index contributed by atoms with van der Waals surface area (Å²) in [5, 5.41) is 5.36. The summed E-state index contributed by atoms with van der Waals surface area (Å²) in [6, 6.07) is 20.0. The maximum atomic E-state index is 14.0. The molecule has 2 aromatic carbocycles. The molecule has 5 rings (SSSR count). The first kappa shape index (κ1) is 28.7. The average molecular weight is 567 g/mol. The zero-order chi connectivity index (χ0) is 29.8. The number of carbonyl (C=O) groups is 2. The van der Waals surface area contributed by atoms with Crippen LogP contribution < -0.4 is 16.0 Å². The van der Waals surface area contributed by atoms with Gasteiger partial charge in [0.15, 0.2) is 0 Å². The molecule has 3 aromatic heterocycles. The molecule has 0 spiro atoms. The van der Waals surface area contributed by atoms with E-state index in [0.717, 1.165) is 22.9 Å². The number of fused-ring (bicyclic) bond motifs is 2. The Morgan fingerprint density at radius 2 is 1.76 bits per heavy atom. The number of carbonyl (C=O) groups excluding carboxylic acids is 2. The number of amides is 2. The van der Waals surface area contributed by atoms with E-state index in [0.29, 0.717) is 42.7 Å². The number of primary amides is 1. The highest BCUT2D eigenvalue weighted by Gasteiger charge is 2.26. The Kier molecular flexibility index (Phi) is 8.42. The molecule has 0 saturated heterocycles. The Morgan fingerprint density at radius 1 is 1.02 bits per heavy atom. The first-order valence-electron chi connectivity index (χ1n) is 14.2. The summed E-state index contributed by atoms with van der Waals surface area (Å²) >= 11 is 0. The fourth-order valence-electron chi connectivity index (χ4n) is 5.29. The number of rotatable bonds is 12. The van der Waals surface area contributed by atoms with Gasteiger partial charge in [0.25, 0.3) is 5.91 Å².